The number of methoxy groups -OCH3 is 2. The lowest BCUT2D eigenvalue weighted by molar-refractivity contribution is -0.121. The molecule has 5 heteroatoms. The lowest BCUT2D eigenvalue weighted by Crippen LogP contribution is -2.35. The predicted molar refractivity (Wildman–Crippen MR) is 116 cm³/mol. The van der Waals surface area contributed by atoms with Crippen molar-refractivity contribution in [2.24, 2.45) is 5.92 Å². The minimum Gasteiger partial charge on any atom is -0.493 e. The number of nitrogens with zero attached hydrogens (tertiary/aromatic N) is 1. The molecule has 1 N–H and O–H groups in total. The van der Waals surface area contributed by atoms with E-state index in [4.69, 9.17) is 9.47 Å². The SMILES string of the molecule is COc1ccc(C(CNC(=O)CC(c2ccccc2)C2CC2)N(C)C)cc1OC. The molecular weight excluding hydrogens is 364 g/mol. The molecule has 2 atom stereocenters. The Morgan fingerprint density at radius 1 is 1.03 bits per heavy atom. The van der Waals surface area contributed by atoms with Crippen molar-refractivity contribution >= 4 is 5.91 Å². The van der Waals surface area contributed by atoms with E-state index in [2.05, 4.69) is 34.5 Å². The van der Waals surface area contributed by atoms with E-state index in [1.54, 1.807) is 14.2 Å². The molecule has 1 fully saturated rings. The Morgan fingerprint density at radius 2 is 1.72 bits per heavy atom. The van der Waals surface area contributed by atoms with Gasteiger partial charge in [0.2, 0.25) is 5.91 Å². The number of amides is 1. The number of carbonyl (C=O) groups is 1. The van der Waals surface area contributed by atoms with Crippen LogP contribution in [0.5, 0.6) is 11.5 Å². The summed E-state index contributed by atoms with van der Waals surface area (Å²) >= 11 is 0. The van der Waals surface area contributed by atoms with E-state index in [1.165, 1.54) is 18.4 Å². The molecule has 156 valence electrons. The van der Waals surface area contributed by atoms with Crippen molar-refractivity contribution in [3.63, 3.8) is 0 Å². The van der Waals surface area contributed by atoms with Crippen LogP contribution in [0.15, 0.2) is 48.5 Å². The van der Waals surface area contributed by atoms with Crippen LogP contribution in [-0.2, 0) is 4.79 Å². The number of hydrogen-bond donors (Lipinski definition) is 1. The van der Waals surface area contributed by atoms with Crippen LogP contribution < -0.4 is 14.8 Å². The van der Waals surface area contributed by atoms with Crippen molar-refractivity contribution in [2.75, 3.05) is 34.9 Å². The summed E-state index contributed by atoms with van der Waals surface area (Å²) in [5.74, 6) is 2.46. The minimum atomic E-state index is 0.0508. The summed E-state index contributed by atoms with van der Waals surface area (Å²) in [5.41, 5.74) is 2.35. The molecule has 0 heterocycles. The maximum Gasteiger partial charge on any atom is 0.220 e. The summed E-state index contributed by atoms with van der Waals surface area (Å²) in [6.45, 7) is 0.549. The van der Waals surface area contributed by atoms with Crippen molar-refractivity contribution in [3.8, 4) is 11.5 Å². The summed E-state index contributed by atoms with van der Waals surface area (Å²) < 4.78 is 10.8. The van der Waals surface area contributed by atoms with Crippen LogP contribution in [0.2, 0.25) is 0 Å². The molecule has 0 spiro atoms. The van der Waals surface area contributed by atoms with Crippen LogP contribution in [0.3, 0.4) is 0 Å². The Kier molecular flexibility index (Phi) is 7.15. The van der Waals surface area contributed by atoms with Crippen molar-refractivity contribution in [1.29, 1.82) is 0 Å². The standard InChI is InChI=1S/C24H32N2O3/c1-26(2)21(19-12-13-22(28-3)23(14-19)29-4)16-25-24(27)15-20(18-10-11-18)17-8-6-5-7-9-17/h5-9,12-14,18,20-21H,10-11,15-16H2,1-4H3,(H,25,27). The number of hydrogen-bond acceptors (Lipinski definition) is 4. The van der Waals surface area contributed by atoms with Gasteiger partial charge in [-0.05, 0) is 62.0 Å². The Balaban J connectivity index is 1.65. The number of ether oxygens (including phenoxy) is 2. The predicted octanol–water partition coefficient (Wildman–Crippen LogP) is 4.01. The summed E-state index contributed by atoms with van der Waals surface area (Å²) in [4.78, 5) is 14.9. The van der Waals surface area contributed by atoms with Gasteiger partial charge in [0.1, 0.15) is 0 Å². The van der Waals surface area contributed by atoms with Gasteiger partial charge in [0, 0.05) is 13.0 Å². The van der Waals surface area contributed by atoms with E-state index < -0.39 is 0 Å². The van der Waals surface area contributed by atoms with Gasteiger partial charge < -0.3 is 19.7 Å². The molecule has 3 rings (SSSR count). The third kappa shape index (κ3) is 5.51. The van der Waals surface area contributed by atoms with E-state index >= 15 is 0 Å². The van der Waals surface area contributed by atoms with Gasteiger partial charge in [0.05, 0.1) is 20.3 Å². The molecule has 0 radical (unpaired) electrons. The van der Waals surface area contributed by atoms with E-state index in [9.17, 15) is 4.79 Å². The highest BCUT2D eigenvalue weighted by atomic mass is 16.5. The molecule has 1 amide bonds. The minimum absolute atomic E-state index is 0.0508. The monoisotopic (exact) mass is 396 g/mol. The molecule has 2 aromatic carbocycles. The maximum absolute atomic E-state index is 12.8. The molecule has 0 aliphatic heterocycles. The van der Waals surface area contributed by atoms with Crippen LogP contribution >= 0.6 is 0 Å². The van der Waals surface area contributed by atoms with Crippen molar-refractivity contribution in [1.82, 2.24) is 10.2 Å². The first kappa shape index (κ1) is 21.2. The fourth-order valence-corrected chi connectivity index (χ4v) is 3.90. The van der Waals surface area contributed by atoms with Gasteiger partial charge >= 0.3 is 0 Å². The molecular formula is C24H32N2O3. The fraction of sp³-hybridized carbons (Fsp3) is 0.458. The molecule has 0 saturated heterocycles. The molecule has 2 unspecified atom stereocenters. The molecule has 2 aromatic rings. The normalized spacial score (nSPS) is 15.6. The van der Waals surface area contributed by atoms with E-state index in [0.717, 1.165) is 5.56 Å². The summed E-state index contributed by atoms with van der Waals surface area (Å²) in [6.07, 6.45) is 2.98. The van der Waals surface area contributed by atoms with Gasteiger partial charge in [0.25, 0.3) is 0 Å². The zero-order valence-corrected chi connectivity index (χ0v) is 17.9. The van der Waals surface area contributed by atoms with Gasteiger partial charge in [-0.1, -0.05) is 36.4 Å². The third-order valence-electron chi connectivity index (χ3n) is 5.73. The highest BCUT2D eigenvalue weighted by Crippen LogP contribution is 2.44. The second-order valence-electron chi connectivity index (χ2n) is 7.96. The first-order valence-corrected chi connectivity index (χ1v) is 10.2. The number of rotatable bonds is 10. The highest BCUT2D eigenvalue weighted by molar-refractivity contribution is 5.77. The third-order valence-corrected chi connectivity index (χ3v) is 5.73. The average Bonchev–Trinajstić information content (AvgIpc) is 3.57. The van der Waals surface area contributed by atoms with Crippen molar-refractivity contribution < 1.29 is 14.3 Å². The maximum atomic E-state index is 12.8. The molecule has 1 saturated carbocycles. The van der Waals surface area contributed by atoms with Gasteiger partial charge in [0.15, 0.2) is 11.5 Å². The van der Waals surface area contributed by atoms with Crippen molar-refractivity contribution in [2.45, 2.75) is 31.2 Å². The second-order valence-corrected chi connectivity index (χ2v) is 7.96. The zero-order chi connectivity index (χ0) is 20.8. The number of benzene rings is 2. The summed E-state index contributed by atoms with van der Waals surface area (Å²) in [5, 5.41) is 3.16. The van der Waals surface area contributed by atoms with Crippen molar-refractivity contribution in [3.05, 3.63) is 59.7 Å². The lowest BCUT2D eigenvalue weighted by Gasteiger charge is -2.26. The number of carbonyl (C=O) groups excluding carboxylic acids is 1. The highest BCUT2D eigenvalue weighted by Gasteiger charge is 2.33. The number of likely N-dealkylation sites (N-methyl/N-ethyl adjacent to an activating group) is 1. The molecule has 0 bridgehead atoms. The van der Waals surface area contributed by atoms with Gasteiger partial charge in [-0.15, -0.1) is 0 Å². The van der Waals surface area contributed by atoms with Crippen LogP contribution in [0.1, 0.15) is 42.3 Å². The molecule has 0 aromatic heterocycles. The molecule has 1 aliphatic carbocycles. The Bertz CT molecular complexity index is 803. The van der Waals surface area contributed by atoms with E-state index in [-0.39, 0.29) is 11.9 Å². The summed E-state index contributed by atoms with van der Waals surface area (Å²) in [6, 6.07) is 16.4. The fourth-order valence-electron chi connectivity index (χ4n) is 3.90. The van der Waals surface area contributed by atoms with E-state index in [0.29, 0.717) is 36.3 Å². The Morgan fingerprint density at radius 3 is 2.31 bits per heavy atom. The number of nitrogens with one attached hydrogen (secondary N) is 1. The van der Waals surface area contributed by atoms with Crippen LogP contribution in [-0.4, -0.2) is 45.7 Å². The van der Waals surface area contributed by atoms with Crippen LogP contribution in [0.4, 0.5) is 0 Å². The van der Waals surface area contributed by atoms with Crippen LogP contribution in [0.25, 0.3) is 0 Å². The van der Waals surface area contributed by atoms with Crippen LogP contribution in [0, 0.1) is 5.92 Å². The first-order valence-electron chi connectivity index (χ1n) is 10.2. The largest absolute Gasteiger partial charge is 0.493 e. The molecule has 1 aliphatic rings. The first-order chi connectivity index (χ1) is 14.0. The zero-order valence-electron chi connectivity index (χ0n) is 17.9. The average molecular weight is 397 g/mol. The molecule has 5 nitrogen and oxygen atoms in total. The Hall–Kier alpha value is -2.53. The van der Waals surface area contributed by atoms with E-state index in [1.807, 2.05) is 38.4 Å². The second kappa shape index (κ2) is 9.79. The van der Waals surface area contributed by atoms with Gasteiger partial charge in [-0.3, -0.25) is 4.79 Å². The smallest absolute Gasteiger partial charge is 0.220 e. The topological polar surface area (TPSA) is 50.8 Å². The quantitative estimate of drug-likeness (QED) is 0.659. The van der Waals surface area contributed by atoms with Gasteiger partial charge in [-0.2, -0.15) is 0 Å². The molecule has 29 heavy (non-hydrogen) atoms. The Labute approximate surface area is 174 Å². The van der Waals surface area contributed by atoms with Gasteiger partial charge in [-0.25, -0.2) is 0 Å². The summed E-state index contributed by atoms with van der Waals surface area (Å²) in [7, 11) is 7.30. The lowest BCUT2D eigenvalue weighted by atomic mass is 9.90.